The first-order chi connectivity index (χ1) is 44.1. The highest BCUT2D eigenvalue weighted by molar-refractivity contribution is 7.47. The van der Waals surface area contributed by atoms with E-state index in [1.165, 1.54) is 161 Å². The van der Waals surface area contributed by atoms with Crippen molar-refractivity contribution in [3.63, 3.8) is 0 Å². The van der Waals surface area contributed by atoms with E-state index in [-0.39, 0.29) is 25.7 Å². The van der Waals surface area contributed by atoms with Crippen molar-refractivity contribution in [1.29, 1.82) is 0 Å². The zero-order valence-electron chi connectivity index (χ0n) is 60.2. The van der Waals surface area contributed by atoms with Gasteiger partial charge in [0.25, 0.3) is 0 Å². The van der Waals surface area contributed by atoms with Gasteiger partial charge >= 0.3 is 39.5 Å². The quantitative estimate of drug-likeness (QED) is 0.0222. The number of aliphatic hydroxyl groups excluding tert-OH is 1. The van der Waals surface area contributed by atoms with Crippen molar-refractivity contribution in [3.8, 4) is 0 Å². The monoisotopic (exact) mass is 1350 g/mol. The maximum absolute atomic E-state index is 13.0. The van der Waals surface area contributed by atoms with Crippen molar-refractivity contribution in [2.24, 2.45) is 23.7 Å². The van der Waals surface area contributed by atoms with E-state index in [0.717, 1.165) is 114 Å². The Morgan fingerprint density at radius 1 is 0.304 bits per heavy atom. The number of carbonyl (C=O) groups excluding carboxylic acids is 4. The van der Waals surface area contributed by atoms with Gasteiger partial charge in [-0.2, -0.15) is 0 Å². The number of phosphoric ester groups is 2. The average Bonchev–Trinajstić information content (AvgIpc) is 2.94. The maximum atomic E-state index is 13.0. The van der Waals surface area contributed by atoms with Crippen LogP contribution in [0.3, 0.4) is 0 Å². The lowest BCUT2D eigenvalue weighted by atomic mass is 9.99. The van der Waals surface area contributed by atoms with Gasteiger partial charge in [-0.05, 0) is 49.4 Å². The Balaban J connectivity index is 5.25. The Labute approximate surface area is 562 Å². The van der Waals surface area contributed by atoms with Crippen molar-refractivity contribution in [2.75, 3.05) is 39.6 Å². The van der Waals surface area contributed by atoms with E-state index < -0.39 is 97.5 Å². The van der Waals surface area contributed by atoms with Crippen LogP contribution in [0.2, 0.25) is 0 Å². The summed E-state index contributed by atoms with van der Waals surface area (Å²) in [4.78, 5) is 72.7. The molecular formula is C73H142O17P2. The van der Waals surface area contributed by atoms with Crippen LogP contribution >= 0.6 is 15.6 Å². The summed E-state index contributed by atoms with van der Waals surface area (Å²) in [5.41, 5.74) is 0. The molecule has 0 amide bonds. The number of rotatable bonds is 70. The molecule has 0 aromatic rings. The molecule has 3 unspecified atom stereocenters. The van der Waals surface area contributed by atoms with Crippen molar-refractivity contribution in [1.82, 2.24) is 0 Å². The zero-order valence-corrected chi connectivity index (χ0v) is 62.0. The topological polar surface area (TPSA) is 237 Å². The molecule has 0 spiro atoms. The Bertz CT molecular complexity index is 1820. The summed E-state index contributed by atoms with van der Waals surface area (Å²) in [5.74, 6) is 0.904. The summed E-state index contributed by atoms with van der Waals surface area (Å²) in [6.07, 6.45) is 45.8. The van der Waals surface area contributed by atoms with Gasteiger partial charge in [-0.3, -0.25) is 37.3 Å². The van der Waals surface area contributed by atoms with E-state index in [1.807, 2.05) is 0 Å². The molecule has 546 valence electrons. The number of esters is 4. The average molecular weight is 1350 g/mol. The molecule has 19 heteroatoms. The van der Waals surface area contributed by atoms with Crippen molar-refractivity contribution < 1.29 is 80.2 Å². The molecule has 3 N–H and O–H groups in total. The SMILES string of the molecule is CCC(C)CCCCCCCCCCCCC(=O)O[C@H](COC(=O)CCCCCCCCCCCCCC(C)C)COP(=O)(O)OC[C@@H](O)COP(=O)(O)OC[C@@H](COC(=O)CCCCCCCCC(C)C)OC(=O)CCCCCCCCCCCCCCC(C)C. The van der Waals surface area contributed by atoms with Crippen LogP contribution in [0, 0.1) is 23.7 Å². The normalized spacial score (nSPS) is 14.5. The first-order valence-corrected chi connectivity index (χ1v) is 40.7. The minimum atomic E-state index is -4.96. The van der Waals surface area contributed by atoms with Gasteiger partial charge in [0.15, 0.2) is 12.2 Å². The van der Waals surface area contributed by atoms with E-state index in [9.17, 15) is 43.2 Å². The van der Waals surface area contributed by atoms with E-state index in [2.05, 4.69) is 55.4 Å². The number of ether oxygens (including phenoxy) is 4. The fourth-order valence-corrected chi connectivity index (χ4v) is 12.6. The summed E-state index contributed by atoms with van der Waals surface area (Å²) in [7, 11) is -9.91. The second-order valence-corrected chi connectivity index (χ2v) is 30.9. The summed E-state index contributed by atoms with van der Waals surface area (Å²) < 4.78 is 68.4. The second kappa shape index (κ2) is 62.6. The molecule has 92 heavy (non-hydrogen) atoms. The third-order valence-corrected chi connectivity index (χ3v) is 19.1. The molecule has 0 saturated carbocycles. The highest BCUT2D eigenvalue weighted by Gasteiger charge is 2.30. The third kappa shape index (κ3) is 65.4. The van der Waals surface area contributed by atoms with Crippen molar-refractivity contribution in [3.05, 3.63) is 0 Å². The first-order valence-electron chi connectivity index (χ1n) is 37.7. The molecule has 0 aliphatic rings. The molecule has 0 fully saturated rings. The molecule has 6 atom stereocenters. The van der Waals surface area contributed by atoms with Gasteiger partial charge in [0, 0.05) is 25.7 Å². The summed E-state index contributed by atoms with van der Waals surface area (Å²) in [6.45, 7) is 14.1. The van der Waals surface area contributed by atoms with Crippen LogP contribution in [0.4, 0.5) is 0 Å². The lowest BCUT2D eigenvalue weighted by Gasteiger charge is -2.21. The van der Waals surface area contributed by atoms with Gasteiger partial charge in [-0.1, -0.05) is 312 Å². The third-order valence-electron chi connectivity index (χ3n) is 17.2. The summed E-state index contributed by atoms with van der Waals surface area (Å²) in [5, 5.41) is 10.6. The second-order valence-electron chi connectivity index (χ2n) is 28.0. The van der Waals surface area contributed by atoms with E-state index in [1.54, 1.807) is 0 Å². The van der Waals surface area contributed by atoms with Gasteiger partial charge in [0.1, 0.15) is 19.3 Å². The van der Waals surface area contributed by atoms with Crippen LogP contribution in [0.25, 0.3) is 0 Å². The van der Waals surface area contributed by atoms with Crippen LogP contribution < -0.4 is 0 Å². The van der Waals surface area contributed by atoms with Gasteiger partial charge in [-0.15, -0.1) is 0 Å². The van der Waals surface area contributed by atoms with Crippen LogP contribution in [0.15, 0.2) is 0 Å². The predicted molar refractivity (Wildman–Crippen MR) is 372 cm³/mol. The van der Waals surface area contributed by atoms with Gasteiger partial charge in [0.05, 0.1) is 26.4 Å². The first kappa shape index (κ1) is 90.1. The number of phosphoric acid groups is 2. The lowest BCUT2D eigenvalue weighted by Crippen LogP contribution is -2.30. The van der Waals surface area contributed by atoms with Crippen molar-refractivity contribution >= 4 is 39.5 Å². The largest absolute Gasteiger partial charge is 0.472 e. The van der Waals surface area contributed by atoms with Gasteiger partial charge in [0.2, 0.25) is 0 Å². The highest BCUT2D eigenvalue weighted by atomic mass is 31.2. The van der Waals surface area contributed by atoms with Gasteiger partial charge in [-0.25, -0.2) is 9.13 Å². The van der Waals surface area contributed by atoms with Crippen LogP contribution in [-0.2, 0) is 65.4 Å². The standard InChI is InChI=1S/C73H142O17P2/c1-9-66(8)52-44-36-27-21-17-18-24-30-40-48-56-73(78)89-68(59-83-70(75)53-45-37-28-22-16-12-14-20-26-34-42-50-64(4)5)61-87-91(79,80)85-57-67(74)58-86-92(81,82)88-62-69(60-84-71(76)54-46-38-32-31-35-43-51-65(6)7)90-72(77)55-47-39-29-23-15-11-10-13-19-25-33-41-49-63(2)3/h63-69,74H,9-62H2,1-8H3,(H,79,80)(H,81,82)/t66?,67-,68-,69-/m1/s1. The van der Waals surface area contributed by atoms with Crippen molar-refractivity contribution in [2.45, 2.75) is 382 Å². The molecular weight excluding hydrogens is 1210 g/mol. The molecule has 17 nitrogen and oxygen atoms in total. The zero-order chi connectivity index (χ0) is 68.2. The van der Waals surface area contributed by atoms with Crippen LogP contribution in [0.1, 0.15) is 364 Å². The molecule has 0 aromatic heterocycles. The summed E-state index contributed by atoms with van der Waals surface area (Å²) >= 11 is 0. The van der Waals surface area contributed by atoms with Gasteiger partial charge < -0.3 is 33.8 Å². The number of carbonyl (C=O) groups is 4. The fraction of sp³-hybridized carbons (Fsp3) is 0.945. The Morgan fingerprint density at radius 2 is 0.522 bits per heavy atom. The van der Waals surface area contributed by atoms with Crippen LogP contribution in [0.5, 0.6) is 0 Å². The van der Waals surface area contributed by atoms with E-state index >= 15 is 0 Å². The maximum Gasteiger partial charge on any atom is 0.472 e. The van der Waals surface area contributed by atoms with E-state index in [0.29, 0.717) is 31.6 Å². The molecule has 0 heterocycles. The molecule has 0 aromatic carbocycles. The number of hydrogen-bond acceptors (Lipinski definition) is 15. The highest BCUT2D eigenvalue weighted by Crippen LogP contribution is 2.45. The molecule has 0 saturated heterocycles. The molecule has 0 aliphatic carbocycles. The Kier molecular flexibility index (Phi) is 61.3. The molecule has 0 bridgehead atoms. The number of hydrogen-bond donors (Lipinski definition) is 3. The van der Waals surface area contributed by atoms with E-state index in [4.69, 9.17) is 37.0 Å². The Morgan fingerprint density at radius 3 is 0.772 bits per heavy atom. The minimum Gasteiger partial charge on any atom is -0.462 e. The number of unbranched alkanes of at least 4 members (excludes halogenated alkanes) is 35. The summed E-state index contributed by atoms with van der Waals surface area (Å²) in [6, 6.07) is 0. The van der Waals surface area contributed by atoms with Crippen LogP contribution in [-0.4, -0.2) is 96.7 Å². The smallest absolute Gasteiger partial charge is 0.462 e. The molecule has 0 aliphatic heterocycles. The molecule has 0 rings (SSSR count). The number of aliphatic hydroxyl groups is 1. The fourth-order valence-electron chi connectivity index (χ4n) is 11.0. The Hall–Kier alpha value is -1.94. The molecule has 0 radical (unpaired) electrons. The minimum absolute atomic E-state index is 0.105. The lowest BCUT2D eigenvalue weighted by molar-refractivity contribution is -0.161. The predicted octanol–water partition coefficient (Wildman–Crippen LogP) is 20.9.